The van der Waals surface area contributed by atoms with Crippen LogP contribution in [0.4, 0.5) is 0 Å². The van der Waals surface area contributed by atoms with E-state index in [9.17, 15) is 13.2 Å². The van der Waals surface area contributed by atoms with Gasteiger partial charge in [0.1, 0.15) is 5.54 Å². The van der Waals surface area contributed by atoms with E-state index in [0.717, 1.165) is 0 Å². The van der Waals surface area contributed by atoms with E-state index in [0.29, 0.717) is 0 Å². The summed E-state index contributed by atoms with van der Waals surface area (Å²) in [5, 5.41) is 0. The van der Waals surface area contributed by atoms with Crippen LogP contribution in [-0.4, -0.2) is 30.2 Å². The third kappa shape index (κ3) is 1.44. The first kappa shape index (κ1) is 10.5. The quantitative estimate of drug-likeness (QED) is 0.649. The lowest BCUT2D eigenvalue weighted by molar-refractivity contribution is -0.125. The molecule has 0 unspecified atom stereocenters. The Morgan fingerprint density at radius 3 is 2.00 bits per heavy atom. The van der Waals surface area contributed by atoms with Crippen molar-refractivity contribution in [2.24, 2.45) is 0 Å². The monoisotopic (exact) mass is 206 g/mol. The Kier molecular flexibility index (Phi) is 2.16. The lowest BCUT2D eigenvalue weighted by Gasteiger charge is -2.28. The molecule has 1 fully saturated rings. The highest BCUT2D eigenvalue weighted by Crippen LogP contribution is 2.27. The average molecular weight is 206 g/mol. The van der Waals surface area contributed by atoms with E-state index in [4.69, 9.17) is 0 Å². The van der Waals surface area contributed by atoms with Crippen LogP contribution in [0.5, 0.6) is 0 Å². The summed E-state index contributed by atoms with van der Waals surface area (Å²) in [7, 11) is -3.61. The first-order chi connectivity index (χ1) is 5.69. The van der Waals surface area contributed by atoms with Gasteiger partial charge < -0.3 is 0 Å². The lowest BCUT2D eigenvalue weighted by Crippen LogP contribution is -2.47. The minimum Gasteiger partial charge on any atom is -0.272 e. The van der Waals surface area contributed by atoms with Gasteiger partial charge >= 0.3 is 10.2 Å². The van der Waals surface area contributed by atoms with Crippen LogP contribution in [0.3, 0.4) is 0 Å². The fourth-order valence-corrected chi connectivity index (χ4v) is 3.44. The number of amides is 1. The van der Waals surface area contributed by atoms with Crippen molar-refractivity contribution in [3.63, 3.8) is 0 Å². The zero-order valence-corrected chi connectivity index (χ0v) is 8.97. The smallest absolute Gasteiger partial charge is 0.272 e. The predicted molar refractivity (Wildman–Crippen MR) is 48.1 cm³/mol. The number of rotatable bonds is 1. The van der Waals surface area contributed by atoms with E-state index in [2.05, 4.69) is 0 Å². The number of nitrogens with zero attached hydrogens (tertiary/aromatic N) is 1. The predicted octanol–water partition coefficient (Wildman–Crippen LogP) is -0.150. The first-order valence-corrected chi connectivity index (χ1v) is 5.50. The fraction of sp³-hybridized carbons (Fsp3) is 0.857. The zero-order chi connectivity index (χ0) is 10.4. The van der Waals surface area contributed by atoms with Crippen molar-refractivity contribution in [1.29, 1.82) is 0 Å². The standard InChI is InChI=1S/C7H14N2O3S/c1-5(2)9-7(3,4)6(10)8-13(9,11)12/h5H,1-4H3,(H,8,10). The molecule has 1 saturated heterocycles. The van der Waals surface area contributed by atoms with Crippen molar-refractivity contribution in [2.75, 3.05) is 0 Å². The molecule has 0 atom stereocenters. The molecular weight excluding hydrogens is 192 g/mol. The van der Waals surface area contributed by atoms with E-state index >= 15 is 0 Å². The van der Waals surface area contributed by atoms with Crippen LogP contribution in [-0.2, 0) is 15.0 Å². The van der Waals surface area contributed by atoms with Gasteiger partial charge in [-0.2, -0.15) is 12.7 Å². The molecule has 13 heavy (non-hydrogen) atoms. The van der Waals surface area contributed by atoms with Crippen molar-refractivity contribution in [2.45, 2.75) is 39.3 Å². The normalized spacial score (nSPS) is 26.4. The topological polar surface area (TPSA) is 66.5 Å². The molecule has 76 valence electrons. The van der Waals surface area contributed by atoms with Crippen LogP contribution in [0, 0.1) is 0 Å². The third-order valence-corrected chi connectivity index (χ3v) is 3.90. The van der Waals surface area contributed by atoms with Crippen molar-refractivity contribution in [3.8, 4) is 0 Å². The summed E-state index contributed by atoms with van der Waals surface area (Å²) < 4.78 is 26.0. The molecule has 1 rings (SSSR count). The van der Waals surface area contributed by atoms with E-state index in [-0.39, 0.29) is 6.04 Å². The molecule has 0 aromatic rings. The van der Waals surface area contributed by atoms with E-state index < -0.39 is 21.7 Å². The molecule has 0 saturated carbocycles. The maximum absolute atomic E-state index is 11.4. The van der Waals surface area contributed by atoms with Gasteiger partial charge in [0.15, 0.2) is 0 Å². The van der Waals surface area contributed by atoms with Gasteiger partial charge in [-0.25, -0.2) is 4.72 Å². The first-order valence-electron chi connectivity index (χ1n) is 4.06. The summed E-state index contributed by atoms with van der Waals surface area (Å²) in [4.78, 5) is 11.3. The Morgan fingerprint density at radius 2 is 1.85 bits per heavy atom. The van der Waals surface area contributed by atoms with Crippen molar-refractivity contribution in [3.05, 3.63) is 0 Å². The lowest BCUT2D eigenvalue weighted by atomic mass is 10.0. The van der Waals surface area contributed by atoms with Crippen LogP contribution >= 0.6 is 0 Å². The molecule has 1 amide bonds. The molecule has 0 bridgehead atoms. The molecule has 0 aliphatic carbocycles. The van der Waals surface area contributed by atoms with Gasteiger partial charge in [0.2, 0.25) is 0 Å². The Bertz CT molecular complexity index is 332. The van der Waals surface area contributed by atoms with Crippen LogP contribution in [0.2, 0.25) is 0 Å². The second kappa shape index (κ2) is 2.68. The third-order valence-electron chi connectivity index (χ3n) is 2.06. The number of hydrogen-bond acceptors (Lipinski definition) is 3. The van der Waals surface area contributed by atoms with Gasteiger partial charge in [-0.1, -0.05) is 0 Å². The molecule has 0 spiro atoms. The number of carbonyl (C=O) groups is 1. The molecule has 0 radical (unpaired) electrons. The maximum Gasteiger partial charge on any atom is 0.305 e. The Morgan fingerprint density at radius 1 is 1.38 bits per heavy atom. The highest BCUT2D eigenvalue weighted by Gasteiger charge is 2.51. The van der Waals surface area contributed by atoms with Gasteiger partial charge in [-0.05, 0) is 27.7 Å². The minimum absolute atomic E-state index is 0.223. The summed E-state index contributed by atoms with van der Waals surface area (Å²) >= 11 is 0. The summed E-state index contributed by atoms with van der Waals surface area (Å²) in [6, 6.07) is -0.223. The zero-order valence-electron chi connectivity index (χ0n) is 8.16. The van der Waals surface area contributed by atoms with E-state index in [1.165, 1.54) is 4.31 Å². The van der Waals surface area contributed by atoms with Gasteiger partial charge in [-0.3, -0.25) is 4.79 Å². The highest BCUT2D eigenvalue weighted by atomic mass is 32.2. The van der Waals surface area contributed by atoms with Gasteiger partial charge in [-0.15, -0.1) is 0 Å². The Hall–Kier alpha value is -0.620. The molecular formula is C7H14N2O3S. The van der Waals surface area contributed by atoms with Gasteiger partial charge in [0.25, 0.3) is 5.91 Å². The van der Waals surface area contributed by atoms with Gasteiger partial charge in [0, 0.05) is 6.04 Å². The second-order valence-electron chi connectivity index (χ2n) is 3.88. The molecule has 1 heterocycles. The van der Waals surface area contributed by atoms with Crippen molar-refractivity contribution >= 4 is 16.1 Å². The number of carbonyl (C=O) groups excluding carboxylic acids is 1. The van der Waals surface area contributed by atoms with Crippen LogP contribution in [0.25, 0.3) is 0 Å². The molecule has 1 aliphatic rings. The minimum atomic E-state index is -3.61. The Labute approximate surface area is 78.3 Å². The number of hydrogen-bond donors (Lipinski definition) is 1. The summed E-state index contributed by atoms with van der Waals surface area (Å²) in [5.74, 6) is -0.471. The van der Waals surface area contributed by atoms with E-state index in [1.807, 2.05) is 4.72 Å². The molecule has 0 aromatic carbocycles. The summed E-state index contributed by atoms with van der Waals surface area (Å²) in [5.41, 5.74) is -0.979. The average Bonchev–Trinajstić information content (AvgIpc) is 1.96. The summed E-state index contributed by atoms with van der Waals surface area (Å²) in [6.45, 7) is 6.65. The molecule has 1 aliphatic heterocycles. The number of nitrogens with one attached hydrogen (secondary N) is 1. The fourth-order valence-electron chi connectivity index (χ4n) is 1.61. The van der Waals surface area contributed by atoms with Crippen molar-refractivity contribution < 1.29 is 13.2 Å². The second-order valence-corrected chi connectivity index (χ2v) is 5.43. The van der Waals surface area contributed by atoms with Crippen LogP contribution in [0.1, 0.15) is 27.7 Å². The molecule has 6 heteroatoms. The largest absolute Gasteiger partial charge is 0.305 e. The summed E-state index contributed by atoms with van der Waals surface area (Å²) in [6.07, 6.45) is 0. The molecule has 0 aromatic heterocycles. The van der Waals surface area contributed by atoms with Crippen LogP contribution in [0.15, 0.2) is 0 Å². The van der Waals surface area contributed by atoms with E-state index in [1.54, 1.807) is 27.7 Å². The van der Waals surface area contributed by atoms with Crippen LogP contribution < -0.4 is 4.72 Å². The SMILES string of the molecule is CC(C)N1C(C)(C)C(=O)NS1(=O)=O. The molecule has 1 N–H and O–H groups in total. The maximum atomic E-state index is 11.4. The van der Waals surface area contributed by atoms with Crippen molar-refractivity contribution in [1.82, 2.24) is 9.03 Å². The van der Waals surface area contributed by atoms with Gasteiger partial charge in [0.05, 0.1) is 0 Å². The highest BCUT2D eigenvalue weighted by molar-refractivity contribution is 7.88. The Balaban J connectivity index is 3.23. The molecule has 5 nitrogen and oxygen atoms in total.